The van der Waals surface area contributed by atoms with E-state index in [0.29, 0.717) is 34.0 Å². The topological polar surface area (TPSA) is 88.4 Å². The van der Waals surface area contributed by atoms with Crippen LogP contribution in [-0.4, -0.2) is 36.9 Å². The molecule has 2 aromatic carbocycles. The first-order valence-corrected chi connectivity index (χ1v) is 8.60. The summed E-state index contributed by atoms with van der Waals surface area (Å²) in [6.07, 6.45) is 1.66. The van der Waals surface area contributed by atoms with E-state index >= 15 is 0 Å². The van der Waals surface area contributed by atoms with Crippen LogP contribution < -0.4 is 14.5 Å². The summed E-state index contributed by atoms with van der Waals surface area (Å²) < 4.78 is 10.7. The normalized spacial score (nSPS) is 15.0. The summed E-state index contributed by atoms with van der Waals surface area (Å²) in [6, 6.07) is 9.61. The molecule has 1 aliphatic rings. The van der Waals surface area contributed by atoms with Gasteiger partial charge in [-0.3, -0.25) is 4.79 Å². The molecule has 2 aromatic rings. The molecule has 144 valence electrons. The third-order valence-corrected chi connectivity index (χ3v) is 4.55. The molecule has 0 aliphatic carbocycles. The summed E-state index contributed by atoms with van der Waals surface area (Å²) in [7, 11) is 3.05. The molecule has 0 bridgehead atoms. The van der Waals surface area contributed by atoms with E-state index in [1.54, 1.807) is 37.3 Å². The molecule has 1 heterocycles. The second kappa shape index (κ2) is 7.74. The van der Waals surface area contributed by atoms with E-state index in [1.165, 1.54) is 26.4 Å². The molecule has 28 heavy (non-hydrogen) atoms. The predicted molar refractivity (Wildman–Crippen MR) is 107 cm³/mol. The number of ether oxygens (including phenoxy) is 2. The fourth-order valence-electron chi connectivity index (χ4n) is 2.85. The minimum absolute atomic E-state index is 0.0838. The number of nitrogens with zero attached hydrogens (tertiary/aromatic N) is 2. The zero-order valence-electron chi connectivity index (χ0n) is 15.4. The molecule has 1 N–H and O–H groups in total. The molecule has 1 amide bonds. The molecule has 1 aliphatic heterocycles. The molecule has 7 nitrogen and oxygen atoms in total. The van der Waals surface area contributed by atoms with Gasteiger partial charge in [-0.05, 0) is 37.3 Å². The number of hydrogen-bond donors (Lipinski definition) is 1. The maximum atomic E-state index is 12.9. The number of hydrogen-bond acceptors (Lipinski definition) is 5. The van der Waals surface area contributed by atoms with Crippen molar-refractivity contribution in [2.75, 3.05) is 19.2 Å². The Bertz CT molecular complexity index is 1030. The number of rotatable bonds is 5. The van der Waals surface area contributed by atoms with Crippen molar-refractivity contribution in [3.63, 3.8) is 0 Å². The van der Waals surface area contributed by atoms with Gasteiger partial charge in [0.2, 0.25) is 0 Å². The number of carboxylic acid groups (broad SMARTS) is 1. The molecule has 0 unspecified atom stereocenters. The largest absolute Gasteiger partial charge is 0.493 e. The summed E-state index contributed by atoms with van der Waals surface area (Å²) >= 11 is 5.90. The zero-order chi connectivity index (χ0) is 20.4. The van der Waals surface area contributed by atoms with E-state index in [4.69, 9.17) is 21.1 Å². The molecule has 0 atom stereocenters. The van der Waals surface area contributed by atoms with E-state index in [2.05, 4.69) is 5.10 Å². The third-order valence-electron chi connectivity index (χ3n) is 4.22. The molecular formula is C20H17ClN2O5. The highest BCUT2D eigenvalue weighted by atomic mass is 35.5. The van der Waals surface area contributed by atoms with Crippen LogP contribution in [-0.2, 0) is 4.79 Å². The van der Waals surface area contributed by atoms with Gasteiger partial charge >= 0.3 is 5.97 Å². The van der Waals surface area contributed by atoms with E-state index in [-0.39, 0.29) is 16.5 Å². The van der Waals surface area contributed by atoms with Crippen molar-refractivity contribution in [2.24, 2.45) is 5.10 Å². The number of methoxy groups -OCH3 is 2. The maximum absolute atomic E-state index is 12.9. The fourth-order valence-corrected chi connectivity index (χ4v) is 3.05. The molecular weight excluding hydrogens is 384 g/mol. The summed E-state index contributed by atoms with van der Waals surface area (Å²) in [4.78, 5) is 24.2. The van der Waals surface area contributed by atoms with Gasteiger partial charge in [-0.25, -0.2) is 4.79 Å². The molecule has 0 saturated carbocycles. The van der Waals surface area contributed by atoms with Gasteiger partial charge in [0.05, 0.1) is 41.8 Å². The Morgan fingerprint density at radius 2 is 1.96 bits per heavy atom. The Hall–Kier alpha value is -3.32. The first kappa shape index (κ1) is 19.4. The van der Waals surface area contributed by atoms with Crippen LogP contribution in [0.3, 0.4) is 0 Å². The second-order valence-electron chi connectivity index (χ2n) is 5.91. The molecule has 3 rings (SSSR count). The highest BCUT2D eigenvalue weighted by Crippen LogP contribution is 2.34. The van der Waals surface area contributed by atoms with E-state index in [9.17, 15) is 14.7 Å². The maximum Gasteiger partial charge on any atom is 0.337 e. The van der Waals surface area contributed by atoms with Gasteiger partial charge in [0.25, 0.3) is 5.91 Å². The van der Waals surface area contributed by atoms with E-state index in [1.807, 2.05) is 0 Å². The lowest BCUT2D eigenvalue weighted by Crippen LogP contribution is -2.21. The average molecular weight is 401 g/mol. The van der Waals surface area contributed by atoms with E-state index in [0.717, 1.165) is 5.01 Å². The molecule has 0 fully saturated rings. The Morgan fingerprint density at radius 3 is 2.61 bits per heavy atom. The standard InChI is InChI=1S/C20H17ClN2O5/c1-11-14(9-12-5-4-6-17(27-2)18(12)28-3)19(24)23(22-11)13-7-8-16(21)15(10-13)20(25)26/h4-10H,1-3H3,(H,25,26)/b14-9-. The highest BCUT2D eigenvalue weighted by Gasteiger charge is 2.30. The van der Waals surface area contributed by atoms with Crippen LogP contribution in [0.2, 0.25) is 5.02 Å². The quantitative estimate of drug-likeness (QED) is 0.770. The van der Waals surface area contributed by atoms with Crippen molar-refractivity contribution in [2.45, 2.75) is 6.92 Å². The van der Waals surface area contributed by atoms with Gasteiger partial charge in [-0.2, -0.15) is 10.1 Å². The van der Waals surface area contributed by atoms with Crippen LogP contribution in [0.25, 0.3) is 6.08 Å². The average Bonchev–Trinajstić information content (AvgIpc) is 2.96. The number of anilines is 1. The summed E-state index contributed by atoms with van der Waals surface area (Å²) in [5, 5.41) is 14.7. The van der Waals surface area contributed by atoms with Crippen molar-refractivity contribution >= 4 is 41.0 Å². The Labute approximate surface area is 166 Å². The lowest BCUT2D eigenvalue weighted by atomic mass is 10.1. The number of aromatic carboxylic acids is 1. The molecule has 8 heteroatoms. The van der Waals surface area contributed by atoms with Crippen molar-refractivity contribution in [3.8, 4) is 11.5 Å². The first-order chi connectivity index (χ1) is 13.4. The first-order valence-electron chi connectivity index (χ1n) is 8.23. The number of carboxylic acids is 1. The number of para-hydroxylation sites is 1. The third kappa shape index (κ3) is 3.44. The van der Waals surface area contributed by atoms with Crippen LogP contribution >= 0.6 is 11.6 Å². The minimum atomic E-state index is -1.18. The fraction of sp³-hybridized carbons (Fsp3) is 0.150. The van der Waals surface area contributed by atoms with Crippen molar-refractivity contribution < 1.29 is 24.2 Å². The zero-order valence-corrected chi connectivity index (χ0v) is 16.1. The number of halogens is 1. The lowest BCUT2D eigenvalue weighted by Gasteiger charge is -2.13. The van der Waals surface area contributed by atoms with Gasteiger partial charge < -0.3 is 14.6 Å². The Morgan fingerprint density at radius 1 is 1.21 bits per heavy atom. The van der Waals surface area contributed by atoms with Gasteiger partial charge in [-0.1, -0.05) is 23.7 Å². The smallest absolute Gasteiger partial charge is 0.337 e. The number of carbonyl (C=O) groups excluding carboxylic acids is 1. The van der Waals surface area contributed by atoms with Crippen molar-refractivity contribution in [1.82, 2.24) is 0 Å². The SMILES string of the molecule is COc1cccc(/C=C2\C(=O)N(c3ccc(Cl)c(C(=O)O)c3)N=C2C)c1OC. The van der Waals surface area contributed by atoms with Crippen LogP contribution in [0.15, 0.2) is 47.1 Å². The van der Waals surface area contributed by atoms with Gasteiger partial charge in [-0.15, -0.1) is 0 Å². The van der Waals surface area contributed by atoms with Gasteiger partial charge in [0, 0.05) is 5.56 Å². The van der Waals surface area contributed by atoms with Gasteiger partial charge in [0.1, 0.15) is 0 Å². The van der Waals surface area contributed by atoms with Crippen LogP contribution in [0, 0.1) is 0 Å². The number of benzene rings is 2. The number of amides is 1. The molecule has 0 aromatic heterocycles. The van der Waals surface area contributed by atoms with Crippen LogP contribution in [0.4, 0.5) is 5.69 Å². The lowest BCUT2D eigenvalue weighted by molar-refractivity contribution is -0.114. The second-order valence-corrected chi connectivity index (χ2v) is 6.32. The Kier molecular flexibility index (Phi) is 5.37. The summed E-state index contributed by atoms with van der Waals surface area (Å²) in [5.74, 6) is -0.536. The van der Waals surface area contributed by atoms with E-state index < -0.39 is 5.97 Å². The predicted octanol–water partition coefficient (Wildman–Crippen LogP) is 3.86. The summed E-state index contributed by atoms with van der Waals surface area (Å²) in [5.41, 5.74) is 1.71. The minimum Gasteiger partial charge on any atom is -0.493 e. The van der Waals surface area contributed by atoms with Gasteiger partial charge in [0.15, 0.2) is 11.5 Å². The molecule has 0 radical (unpaired) electrons. The van der Waals surface area contributed by atoms with Crippen molar-refractivity contribution in [1.29, 1.82) is 0 Å². The molecule has 0 spiro atoms. The number of carbonyl (C=O) groups is 2. The van der Waals surface area contributed by atoms with Crippen LogP contribution in [0.1, 0.15) is 22.8 Å². The number of hydrazone groups is 1. The monoisotopic (exact) mass is 400 g/mol. The summed E-state index contributed by atoms with van der Waals surface area (Å²) in [6.45, 7) is 1.70. The Balaban J connectivity index is 2.02. The highest BCUT2D eigenvalue weighted by molar-refractivity contribution is 6.34. The van der Waals surface area contributed by atoms with Crippen molar-refractivity contribution in [3.05, 3.63) is 58.1 Å². The molecule has 0 saturated heterocycles. The van der Waals surface area contributed by atoms with Crippen LogP contribution in [0.5, 0.6) is 11.5 Å².